The quantitative estimate of drug-likeness (QED) is 0.801. The molecule has 2 N–H and O–H groups in total. The first-order valence-electron chi connectivity index (χ1n) is 6.06. The summed E-state index contributed by atoms with van der Waals surface area (Å²) in [6, 6.07) is 7.73. The molecule has 1 aromatic rings. The summed E-state index contributed by atoms with van der Waals surface area (Å²) in [6.07, 6.45) is -0.236. The standard InChI is InChI=1S/C13H17N3O2/c1-2-15-7-8-16(13(18)9-12(14)17)11-6-4-3-5-10(11)15/h3-6H,2,7-9H2,1H3,(H2,14,17). The minimum Gasteiger partial charge on any atom is -0.369 e. The molecule has 1 aliphatic rings. The van der Waals surface area contributed by atoms with Crippen LogP contribution in [-0.4, -0.2) is 31.4 Å². The van der Waals surface area contributed by atoms with Crippen LogP contribution in [0.25, 0.3) is 0 Å². The average Bonchev–Trinajstić information content (AvgIpc) is 2.36. The van der Waals surface area contributed by atoms with Gasteiger partial charge in [-0.3, -0.25) is 9.59 Å². The molecule has 0 spiro atoms. The van der Waals surface area contributed by atoms with Crippen molar-refractivity contribution in [2.75, 3.05) is 29.4 Å². The van der Waals surface area contributed by atoms with Crippen LogP contribution in [0.1, 0.15) is 13.3 Å². The Kier molecular flexibility index (Phi) is 3.50. The maximum atomic E-state index is 12.0. The van der Waals surface area contributed by atoms with E-state index in [-0.39, 0.29) is 12.3 Å². The van der Waals surface area contributed by atoms with Crippen molar-refractivity contribution >= 4 is 23.2 Å². The Labute approximate surface area is 106 Å². The van der Waals surface area contributed by atoms with Crippen LogP contribution >= 0.6 is 0 Å². The summed E-state index contributed by atoms with van der Waals surface area (Å²) in [5, 5.41) is 0. The lowest BCUT2D eigenvalue weighted by molar-refractivity contribution is -0.126. The molecule has 1 aromatic carbocycles. The molecule has 96 valence electrons. The van der Waals surface area contributed by atoms with Crippen LogP contribution in [0.3, 0.4) is 0 Å². The number of nitrogens with zero attached hydrogens (tertiary/aromatic N) is 2. The molecule has 0 radical (unpaired) electrons. The number of hydrogen-bond acceptors (Lipinski definition) is 3. The summed E-state index contributed by atoms with van der Waals surface area (Å²) in [7, 11) is 0. The zero-order valence-electron chi connectivity index (χ0n) is 10.4. The Morgan fingerprint density at radius 3 is 2.50 bits per heavy atom. The first kappa shape index (κ1) is 12.4. The lowest BCUT2D eigenvalue weighted by atomic mass is 10.1. The predicted octanol–water partition coefficient (Wildman–Crippen LogP) is 0.735. The molecule has 0 saturated heterocycles. The van der Waals surface area contributed by atoms with Crippen LogP contribution in [0.15, 0.2) is 24.3 Å². The highest BCUT2D eigenvalue weighted by atomic mass is 16.2. The van der Waals surface area contributed by atoms with Gasteiger partial charge < -0.3 is 15.5 Å². The third-order valence-electron chi connectivity index (χ3n) is 3.11. The molecule has 2 rings (SSSR count). The second-order valence-electron chi connectivity index (χ2n) is 4.26. The fourth-order valence-corrected chi connectivity index (χ4v) is 2.25. The number of primary amides is 1. The molecule has 1 aliphatic heterocycles. The van der Waals surface area contributed by atoms with Gasteiger partial charge in [0.1, 0.15) is 6.42 Å². The van der Waals surface area contributed by atoms with E-state index in [1.165, 1.54) is 0 Å². The summed E-state index contributed by atoms with van der Waals surface area (Å²) < 4.78 is 0. The minimum absolute atomic E-state index is 0.231. The van der Waals surface area contributed by atoms with E-state index >= 15 is 0 Å². The third-order valence-corrected chi connectivity index (χ3v) is 3.11. The van der Waals surface area contributed by atoms with Crippen LogP contribution in [0, 0.1) is 0 Å². The summed E-state index contributed by atoms with van der Waals surface area (Å²) in [4.78, 5) is 26.7. The number of carbonyl (C=O) groups is 2. The fraction of sp³-hybridized carbons (Fsp3) is 0.385. The van der Waals surface area contributed by atoms with E-state index in [9.17, 15) is 9.59 Å². The van der Waals surface area contributed by atoms with Gasteiger partial charge >= 0.3 is 0 Å². The van der Waals surface area contributed by atoms with Crippen molar-refractivity contribution in [1.29, 1.82) is 0 Å². The lowest BCUT2D eigenvalue weighted by Crippen LogP contribution is -2.45. The second-order valence-corrected chi connectivity index (χ2v) is 4.26. The first-order valence-corrected chi connectivity index (χ1v) is 6.06. The minimum atomic E-state index is -0.588. The number of nitrogens with two attached hydrogens (primary N) is 1. The van der Waals surface area contributed by atoms with Crippen LogP contribution in [0.5, 0.6) is 0 Å². The average molecular weight is 247 g/mol. The van der Waals surface area contributed by atoms with Crippen LogP contribution in [0.4, 0.5) is 11.4 Å². The molecule has 0 fully saturated rings. The molecule has 5 heteroatoms. The van der Waals surface area contributed by atoms with Gasteiger partial charge in [-0.2, -0.15) is 0 Å². The van der Waals surface area contributed by atoms with E-state index in [1.807, 2.05) is 24.3 Å². The highest BCUT2D eigenvalue weighted by Crippen LogP contribution is 2.32. The molecule has 1 heterocycles. The normalized spacial score (nSPS) is 14.3. The van der Waals surface area contributed by atoms with Crippen molar-refractivity contribution in [3.8, 4) is 0 Å². The smallest absolute Gasteiger partial charge is 0.236 e. The van der Waals surface area contributed by atoms with Crippen molar-refractivity contribution in [2.45, 2.75) is 13.3 Å². The van der Waals surface area contributed by atoms with E-state index in [2.05, 4.69) is 11.8 Å². The van der Waals surface area contributed by atoms with Crippen molar-refractivity contribution in [1.82, 2.24) is 0 Å². The number of benzene rings is 1. The molecule has 0 aromatic heterocycles. The van der Waals surface area contributed by atoms with Crippen LogP contribution in [0.2, 0.25) is 0 Å². The fourth-order valence-electron chi connectivity index (χ4n) is 2.25. The number of likely N-dealkylation sites (N-methyl/N-ethyl adjacent to an activating group) is 1. The Bertz CT molecular complexity index is 473. The van der Waals surface area contributed by atoms with Crippen molar-refractivity contribution in [3.63, 3.8) is 0 Å². The molecular weight excluding hydrogens is 230 g/mol. The van der Waals surface area contributed by atoms with Gasteiger partial charge in [0.2, 0.25) is 11.8 Å². The van der Waals surface area contributed by atoms with E-state index in [1.54, 1.807) is 4.90 Å². The van der Waals surface area contributed by atoms with Crippen LogP contribution < -0.4 is 15.5 Å². The molecule has 5 nitrogen and oxygen atoms in total. The predicted molar refractivity (Wildman–Crippen MR) is 70.5 cm³/mol. The van der Waals surface area contributed by atoms with Gasteiger partial charge in [0.25, 0.3) is 0 Å². The number of hydrogen-bond donors (Lipinski definition) is 1. The number of rotatable bonds is 3. The largest absolute Gasteiger partial charge is 0.369 e. The molecule has 0 unspecified atom stereocenters. The van der Waals surface area contributed by atoms with Crippen molar-refractivity contribution in [2.24, 2.45) is 5.73 Å². The van der Waals surface area contributed by atoms with Gasteiger partial charge in [-0.05, 0) is 19.1 Å². The van der Waals surface area contributed by atoms with Crippen LogP contribution in [-0.2, 0) is 9.59 Å². The summed E-state index contributed by atoms with van der Waals surface area (Å²) in [5.41, 5.74) is 6.97. The number of para-hydroxylation sites is 2. The number of anilines is 2. The van der Waals surface area contributed by atoms with Gasteiger partial charge in [0.15, 0.2) is 0 Å². The zero-order valence-corrected chi connectivity index (χ0v) is 10.4. The Balaban J connectivity index is 2.30. The third kappa shape index (κ3) is 2.30. The van der Waals surface area contributed by atoms with Gasteiger partial charge in [-0.25, -0.2) is 0 Å². The number of carbonyl (C=O) groups excluding carboxylic acids is 2. The number of fused-ring (bicyclic) bond motifs is 1. The van der Waals surface area contributed by atoms with Crippen molar-refractivity contribution in [3.05, 3.63) is 24.3 Å². The first-order chi connectivity index (χ1) is 8.63. The lowest BCUT2D eigenvalue weighted by Gasteiger charge is -2.37. The molecule has 0 atom stereocenters. The molecule has 0 aliphatic carbocycles. The number of amides is 2. The maximum Gasteiger partial charge on any atom is 0.236 e. The van der Waals surface area contributed by atoms with E-state index in [0.29, 0.717) is 6.54 Å². The van der Waals surface area contributed by atoms with Gasteiger partial charge in [-0.15, -0.1) is 0 Å². The molecule has 0 saturated carbocycles. The molecule has 18 heavy (non-hydrogen) atoms. The van der Waals surface area contributed by atoms with E-state index in [0.717, 1.165) is 24.5 Å². The summed E-state index contributed by atoms with van der Waals surface area (Å²) >= 11 is 0. The van der Waals surface area contributed by atoms with E-state index in [4.69, 9.17) is 5.73 Å². The summed E-state index contributed by atoms with van der Waals surface area (Å²) in [5.74, 6) is -0.818. The topological polar surface area (TPSA) is 66.6 Å². The SMILES string of the molecule is CCN1CCN(C(=O)CC(N)=O)c2ccccc21. The molecule has 2 amide bonds. The monoisotopic (exact) mass is 247 g/mol. The molecule has 0 bridgehead atoms. The second kappa shape index (κ2) is 5.08. The highest BCUT2D eigenvalue weighted by Gasteiger charge is 2.26. The zero-order chi connectivity index (χ0) is 13.1. The maximum absolute atomic E-state index is 12.0. The highest BCUT2D eigenvalue weighted by molar-refractivity contribution is 6.06. The Hall–Kier alpha value is -2.04. The van der Waals surface area contributed by atoms with Gasteiger partial charge in [0.05, 0.1) is 11.4 Å². The molecular formula is C13H17N3O2. The Morgan fingerprint density at radius 2 is 1.89 bits per heavy atom. The van der Waals surface area contributed by atoms with E-state index < -0.39 is 5.91 Å². The Morgan fingerprint density at radius 1 is 1.22 bits per heavy atom. The van der Waals surface area contributed by atoms with Gasteiger partial charge in [-0.1, -0.05) is 12.1 Å². The summed E-state index contributed by atoms with van der Waals surface area (Å²) in [6.45, 7) is 4.35. The van der Waals surface area contributed by atoms with Crippen molar-refractivity contribution < 1.29 is 9.59 Å². The van der Waals surface area contributed by atoms with Gasteiger partial charge in [0, 0.05) is 19.6 Å².